The lowest BCUT2D eigenvalue weighted by Gasteiger charge is -2.38. The summed E-state index contributed by atoms with van der Waals surface area (Å²) >= 11 is 0. The van der Waals surface area contributed by atoms with Gasteiger partial charge in [0.2, 0.25) is 0 Å². The summed E-state index contributed by atoms with van der Waals surface area (Å²) in [6.07, 6.45) is 7.72. The number of nitrogens with zero attached hydrogens (tertiary/aromatic N) is 2. The van der Waals surface area contributed by atoms with Crippen molar-refractivity contribution in [3.05, 3.63) is 29.8 Å². The van der Waals surface area contributed by atoms with E-state index >= 15 is 0 Å². The normalized spacial score (nSPS) is 28.0. The smallest absolute Gasteiger partial charge is 0.254 e. The van der Waals surface area contributed by atoms with Crippen LogP contribution in [0, 0.1) is 5.92 Å². The fourth-order valence-electron chi connectivity index (χ4n) is 4.81. The zero-order valence-electron chi connectivity index (χ0n) is 14.4. The number of fused-ring (bicyclic) bond motifs is 1. The second-order valence-corrected chi connectivity index (χ2v) is 7.66. The van der Waals surface area contributed by atoms with E-state index in [0.29, 0.717) is 6.04 Å². The van der Waals surface area contributed by atoms with Gasteiger partial charge in [0.25, 0.3) is 5.91 Å². The van der Waals surface area contributed by atoms with Crippen molar-refractivity contribution < 1.29 is 9.90 Å². The van der Waals surface area contributed by atoms with Crippen molar-refractivity contribution in [3.63, 3.8) is 0 Å². The van der Waals surface area contributed by atoms with Crippen LogP contribution in [-0.4, -0.2) is 47.7 Å². The molecular formula is C20H28N2O2. The van der Waals surface area contributed by atoms with Crippen LogP contribution < -0.4 is 4.90 Å². The Balaban J connectivity index is 1.45. The molecule has 4 rings (SSSR count). The van der Waals surface area contributed by atoms with Crippen LogP contribution >= 0.6 is 0 Å². The van der Waals surface area contributed by atoms with Gasteiger partial charge < -0.3 is 14.9 Å². The summed E-state index contributed by atoms with van der Waals surface area (Å²) in [6.45, 7) is 2.71. The number of aliphatic hydroxyl groups is 1. The Labute approximate surface area is 144 Å². The van der Waals surface area contributed by atoms with E-state index in [0.717, 1.165) is 56.1 Å². The summed E-state index contributed by atoms with van der Waals surface area (Å²) in [5.41, 5.74) is 1.99. The quantitative estimate of drug-likeness (QED) is 0.907. The Morgan fingerprint density at radius 3 is 2.38 bits per heavy atom. The van der Waals surface area contributed by atoms with Crippen molar-refractivity contribution in [1.29, 1.82) is 0 Å². The molecule has 130 valence electrons. The molecule has 0 spiro atoms. The first-order valence-corrected chi connectivity index (χ1v) is 9.56. The van der Waals surface area contributed by atoms with Crippen molar-refractivity contribution in [2.24, 2.45) is 5.92 Å². The van der Waals surface area contributed by atoms with Crippen LogP contribution in [0.5, 0.6) is 0 Å². The Kier molecular flexibility index (Phi) is 4.49. The highest BCUT2D eigenvalue weighted by molar-refractivity contribution is 5.95. The van der Waals surface area contributed by atoms with E-state index in [1.165, 1.54) is 25.7 Å². The van der Waals surface area contributed by atoms with Gasteiger partial charge in [0.05, 0.1) is 6.10 Å². The zero-order chi connectivity index (χ0) is 16.5. The summed E-state index contributed by atoms with van der Waals surface area (Å²) in [6, 6.07) is 8.60. The Bertz CT molecular complexity index is 578. The highest BCUT2D eigenvalue weighted by Gasteiger charge is 2.37. The van der Waals surface area contributed by atoms with E-state index in [1.54, 1.807) is 0 Å². The van der Waals surface area contributed by atoms with Crippen LogP contribution in [0.15, 0.2) is 24.3 Å². The van der Waals surface area contributed by atoms with E-state index < -0.39 is 0 Å². The molecule has 2 saturated heterocycles. The summed E-state index contributed by atoms with van der Waals surface area (Å²) in [5.74, 6) is 0.953. The minimum Gasteiger partial charge on any atom is -0.393 e. The second kappa shape index (κ2) is 6.75. The largest absolute Gasteiger partial charge is 0.393 e. The maximum atomic E-state index is 13.0. The van der Waals surface area contributed by atoms with Gasteiger partial charge in [-0.25, -0.2) is 0 Å². The highest BCUT2D eigenvalue weighted by atomic mass is 16.3. The Morgan fingerprint density at radius 2 is 1.62 bits per heavy atom. The van der Waals surface area contributed by atoms with E-state index in [1.807, 2.05) is 12.1 Å². The first-order valence-electron chi connectivity index (χ1n) is 9.56. The minimum absolute atomic E-state index is 0.152. The molecule has 3 fully saturated rings. The third-order valence-corrected chi connectivity index (χ3v) is 6.20. The third-order valence-electron chi connectivity index (χ3n) is 6.20. The number of piperidine rings is 2. The number of carbonyl (C=O) groups is 1. The average molecular weight is 328 g/mol. The summed E-state index contributed by atoms with van der Waals surface area (Å²) in [5, 5.41) is 9.63. The highest BCUT2D eigenvalue weighted by Crippen LogP contribution is 2.37. The van der Waals surface area contributed by atoms with Gasteiger partial charge in [-0.05, 0) is 68.7 Å². The van der Waals surface area contributed by atoms with Crippen LogP contribution in [0.25, 0.3) is 0 Å². The predicted octanol–water partition coefficient (Wildman–Crippen LogP) is 3.05. The lowest BCUT2D eigenvalue weighted by Crippen LogP contribution is -2.46. The third kappa shape index (κ3) is 3.04. The van der Waals surface area contributed by atoms with Gasteiger partial charge in [0, 0.05) is 36.9 Å². The zero-order valence-corrected chi connectivity index (χ0v) is 14.4. The molecule has 0 radical (unpaired) electrons. The maximum Gasteiger partial charge on any atom is 0.254 e. The number of hydrogen-bond donors (Lipinski definition) is 1. The van der Waals surface area contributed by atoms with Crippen LogP contribution in [0.4, 0.5) is 5.69 Å². The first-order chi connectivity index (χ1) is 11.7. The summed E-state index contributed by atoms with van der Waals surface area (Å²) in [7, 11) is 0. The van der Waals surface area contributed by atoms with Crippen molar-refractivity contribution in [2.45, 2.75) is 57.1 Å². The fourth-order valence-corrected chi connectivity index (χ4v) is 4.81. The Morgan fingerprint density at radius 1 is 0.917 bits per heavy atom. The van der Waals surface area contributed by atoms with Gasteiger partial charge in [-0.15, -0.1) is 0 Å². The molecule has 2 aliphatic heterocycles. The Hall–Kier alpha value is -1.55. The molecule has 2 atom stereocenters. The molecule has 0 aromatic heterocycles. The van der Waals surface area contributed by atoms with Gasteiger partial charge in [0.15, 0.2) is 0 Å². The van der Waals surface area contributed by atoms with Gasteiger partial charge in [-0.3, -0.25) is 4.79 Å². The van der Waals surface area contributed by atoms with Gasteiger partial charge >= 0.3 is 0 Å². The fraction of sp³-hybridized carbons (Fsp3) is 0.650. The number of benzene rings is 1. The number of anilines is 1. The topological polar surface area (TPSA) is 43.8 Å². The van der Waals surface area contributed by atoms with E-state index in [2.05, 4.69) is 21.9 Å². The number of likely N-dealkylation sites (tertiary alicyclic amines) is 1. The van der Waals surface area contributed by atoms with Crippen molar-refractivity contribution in [1.82, 2.24) is 4.90 Å². The molecule has 1 aromatic carbocycles. The standard InChI is InChI=1S/C20H28N2O2/c23-18-10-13-21(14-11-18)17-8-6-16(7-9-17)20(24)22-12-2-4-15-3-1-5-19(15)22/h6-9,15,18-19,23H,1-5,10-14H2. The van der Waals surface area contributed by atoms with Crippen molar-refractivity contribution >= 4 is 11.6 Å². The number of aliphatic hydroxyl groups excluding tert-OH is 1. The molecule has 0 bridgehead atoms. The summed E-state index contributed by atoms with van der Waals surface area (Å²) < 4.78 is 0. The lowest BCUT2D eigenvalue weighted by molar-refractivity contribution is 0.0548. The van der Waals surface area contributed by atoms with Crippen molar-refractivity contribution in [3.8, 4) is 0 Å². The van der Waals surface area contributed by atoms with Gasteiger partial charge in [-0.1, -0.05) is 6.42 Å². The maximum absolute atomic E-state index is 13.0. The first kappa shape index (κ1) is 15.9. The molecule has 2 heterocycles. The number of amides is 1. The molecule has 1 aromatic rings. The van der Waals surface area contributed by atoms with E-state index in [-0.39, 0.29) is 12.0 Å². The molecule has 3 aliphatic rings. The average Bonchev–Trinajstić information content (AvgIpc) is 3.11. The van der Waals surface area contributed by atoms with Gasteiger partial charge in [-0.2, -0.15) is 0 Å². The molecule has 1 aliphatic carbocycles. The predicted molar refractivity (Wildman–Crippen MR) is 95.3 cm³/mol. The number of rotatable bonds is 2. The lowest BCUT2D eigenvalue weighted by atomic mass is 9.91. The molecule has 4 heteroatoms. The van der Waals surface area contributed by atoms with Crippen LogP contribution in [-0.2, 0) is 0 Å². The van der Waals surface area contributed by atoms with Gasteiger partial charge in [0.1, 0.15) is 0 Å². The van der Waals surface area contributed by atoms with Crippen molar-refractivity contribution in [2.75, 3.05) is 24.5 Å². The SMILES string of the molecule is O=C(c1ccc(N2CCC(O)CC2)cc1)N1CCCC2CCCC21. The van der Waals surface area contributed by atoms with Crippen LogP contribution in [0.2, 0.25) is 0 Å². The molecule has 1 N–H and O–H groups in total. The molecular weight excluding hydrogens is 300 g/mol. The van der Waals surface area contributed by atoms with Crippen LogP contribution in [0.3, 0.4) is 0 Å². The van der Waals surface area contributed by atoms with E-state index in [4.69, 9.17) is 0 Å². The second-order valence-electron chi connectivity index (χ2n) is 7.66. The number of hydrogen-bond acceptors (Lipinski definition) is 3. The van der Waals surface area contributed by atoms with Crippen LogP contribution in [0.1, 0.15) is 55.3 Å². The molecule has 24 heavy (non-hydrogen) atoms. The summed E-state index contributed by atoms with van der Waals surface area (Å²) in [4.78, 5) is 17.4. The monoisotopic (exact) mass is 328 g/mol. The minimum atomic E-state index is -0.152. The molecule has 2 unspecified atom stereocenters. The van der Waals surface area contributed by atoms with E-state index in [9.17, 15) is 9.90 Å². The molecule has 1 saturated carbocycles. The number of carbonyl (C=O) groups excluding carboxylic acids is 1. The molecule has 1 amide bonds. The molecule has 4 nitrogen and oxygen atoms in total.